The van der Waals surface area contributed by atoms with Crippen LogP contribution in [0.5, 0.6) is 5.75 Å². The molecule has 0 bridgehead atoms. The molecule has 9 heteroatoms. The van der Waals surface area contributed by atoms with E-state index < -0.39 is 5.82 Å². The molecule has 0 spiro atoms. The van der Waals surface area contributed by atoms with Gasteiger partial charge in [0.25, 0.3) is 0 Å². The second-order valence-corrected chi connectivity index (χ2v) is 5.47. The SMILES string of the molecule is COc1cc2ncnc(Nc3ccc(Cl)c(Cl)c3F)c2cc1N.Cl. The van der Waals surface area contributed by atoms with Crippen molar-refractivity contribution in [3.63, 3.8) is 0 Å². The highest BCUT2D eigenvalue weighted by atomic mass is 35.5. The summed E-state index contributed by atoms with van der Waals surface area (Å²) in [5.74, 6) is 0.233. The number of fused-ring (bicyclic) bond motifs is 1. The summed E-state index contributed by atoms with van der Waals surface area (Å²) in [5.41, 5.74) is 7.09. The number of hydrogen-bond donors (Lipinski definition) is 2. The van der Waals surface area contributed by atoms with Gasteiger partial charge in [-0.25, -0.2) is 14.4 Å². The van der Waals surface area contributed by atoms with Crippen molar-refractivity contribution in [1.82, 2.24) is 9.97 Å². The number of halogens is 4. The first-order chi connectivity index (χ1) is 11.0. The maximum atomic E-state index is 14.2. The zero-order valence-corrected chi connectivity index (χ0v) is 14.6. The molecule has 3 aromatic rings. The minimum absolute atomic E-state index is 0. The Morgan fingerprint density at radius 3 is 2.67 bits per heavy atom. The maximum Gasteiger partial charge on any atom is 0.166 e. The fourth-order valence-electron chi connectivity index (χ4n) is 2.13. The summed E-state index contributed by atoms with van der Waals surface area (Å²) < 4.78 is 19.3. The Kier molecular flexibility index (Phi) is 5.54. The van der Waals surface area contributed by atoms with Crippen molar-refractivity contribution < 1.29 is 9.13 Å². The topological polar surface area (TPSA) is 73.1 Å². The number of benzene rings is 2. The van der Waals surface area contributed by atoms with Gasteiger partial charge in [0.05, 0.1) is 34.0 Å². The number of ether oxygens (including phenoxy) is 1. The summed E-state index contributed by atoms with van der Waals surface area (Å²) in [6.45, 7) is 0. The molecule has 0 fully saturated rings. The zero-order chi connectivity index (χ0) is 16.6. The van der Waals surface area contributed by atoms with Crippen LogP contribution in [0.15, 0.2) is 30.6 Å². The van der Waals surface area contributed by atoms with E-state index in [1.165, 1.54) is 25.6 Å². The van der Waals surface area contributed by atoms with E-state index in [9.17, 15) is 4.39 Å². The molecule has 3 rings (SSSR count). The average molecular weight is 390 g/mol. The van der Waals surface area contributed by atoms with Crippen LogP contribution in [0.25, 0.3) is 10.9 Å². The van der Waals surface area contributed by atoms with Gasteiger partial charge < -0.3 is 15.8 Å². The number of aromatic nitrogens is 2. The van der Waals surface area contributed by atoms with Crippen molar-refractivity contribution in [2.24, 2.45) is 0 Å². The molecule has 1 heterocycles. The van der Waals surface area contributed by atoms with Gasteiger partial charge in [0.2, 0.25) is 0 Å². The fraction of sp³-hybridized carbons (Fsp3) is 0.0667. The van der Waals surface area contributed by atoms with E-state index in [-0.39, 0.29) is 28.1 Å². The van der Waals surface area contributed by atoms with Crippen molar-refractivity contribution in [2.45, 2.75) is 0 Å². The van der Waals surface area contributed by atoms with Crippen molar-refractivity contribution >= 4 is 63.7 Å². The van der Waals surface area contributed by atoms with Crippen LogP contribution in [0, 0.1) is 5.82 Å². The Balaban J connectivity index is 0.00000208. The summed E-state index contributed by atoms with van der Waals surface area (Å²) in [6, 6.07) is 6.31. The Morgan fingerprint density at radius 2 is 1.96 bits per heavy atom. The third-order valence-corrected chi connectivity index (χ3v) is 4.06. The van der Waals surface area contributed by atoms with E-state index in [0.717, 1.165) is 0 Å². The molecular formula is C15H12Cl3FN4O. The summed E-state index contributed by atoms with van der Waals surface area (Å²) >= 11 is 11.6. The van der Waals surface area contributed by atoms with E-state index in [1.54, 1.807) is 12.1 Å². The van der Waals surface area contributed by atoms with Crippen molar-refractivity contribution in [1.29, 1.82) is 0 Å². The lowest BCUT2D eigenvalue weighted by Crippen LogP contribution is -2.00. The van der Waals surface area contributed by atoms with Gasteiger partial charge in [-0.05, 0) is 18.2 Å². The molecule has 126 valence electrons. The zero-order valence-electron chi connectivity index (χ0n) is 12.3. The Hall–Kier alpha value is -2.02. The molecule has 2 aromatic carbocycles. The van der Waals surface area contributed by atoms with Crippen LogP contribution >= 0.6 is 35.6 Å². The van der Waals surface area contributed by atoms with E-state index in [1.807, 2.05) is 0 Å². The summed E-state index contributed by atoms with van der Waals surface area (Å²) in [5, 5.41) is 3.48. The Labute approximate surface area is 153 Å². The number of anilines is 3. The van der Waals surface area contributed by atoms with Gasteiger partial charge in [0.15, 0.2) is 5.82 Å². The highest BCUT2D eigenvalue weighted by Crippen LogP contribution is 2.34. The molecule has 0 unspecified atom stereocenters. The molecule has 0 atom stereocenters. The monoisotopic (exact) mass is 388 g/mol. The normalized spacial score (nSPS) is 10.3. The van der Waals surface area contributed by atoms with Crippen LogP contribution in [-0.4, -0.2) is 17.1 Å². The van der Waals surface area contributed by atoms with E-state index >= 15 is 0 Å². The number of hydrogen-bond acceptors (Lipinski definition) is 5. The maximum absolute atomic E-state index is 14.2. The molecular weight excluding hydrogens is 378 g/mol. The Bertz CT molecular complexity index is 908. The van der Waals surface area contributed by atoms with Crippen LogP contribution in [0.1, 0.15) is 0 Å². The highest BCUT2D eigenvalue weighted by Gasteiger charge is 2.13. The molecule has 24 heavy (non-hydrogen) atoms. The summed E-state index contributed by atoms with van der Waals surface area (Å²) in [7, 11) is 1.52. The van der Waals surface area contributed by atoms with Crippen molar-refractivity contribution in [3.8, 4) is 5.75 Å². The lowest BCUT2D eigenvalue weighted by Gasteiger charge is -2.12. The number of nitrogens with one attached hydrogen (secondary N) is 1. The molecule has 0 aliphatic carbocycles. The summed E-state index contributed by atoms with van der Waals surface area (Å²) in [4.78, 5) is 8.29. The van der Waals surface area contributed by atoms with Crippen molar-refractivity contribution in [3.05, 3.63) is 46.5 Å². The average Bonchev–Trinajstić information content (AvgIpc) is 2.55. The minimum atomic E-state index is -0.660. The standard InChI is InChI=1S/C15H11Cl2FN4O.ClH/c1-23-12-5-11-7(4-9(12)19)15(21-6-20-11)22-10-3-2-8(16)13(17)14(10)18;/h2-6H,19H2,1H3,(H,20,21,22);1H. The van der Waals surface area contributed by atoms with Gasteiger partial charge in [0, 0.05) is 11.5 Å². The summed E-state index contributed by atoms with van der Waals surface area (Å²) in [6.07, 6.45) is 1.36. The molecule has 0 amide bonds. The van der Waals surface area contributed by atoms with Crippen LogP contribution in [0.4, 0.5) is 21.6 Å². The number of nitrogens with zero attached hydrogens (tertiary/aromatic N) is 2. The first kappa shape index (κ1) is 18.3. The number of nitrogen functional groups attached to an aromatic ring is 1. The highest BCUT2D eigenvalue weighted by molar-refractivity contribution is 6.42. The van der Waals surface area contributed by atoms with Gasteiger partial charge in [-0.1, -0.05) is 23.2 Å². The lowest BCUT2D eigenvalue weighted by atomic mass is 10.2. The molecule has 0 radical (unpaired) electrons. The van der Waals surface area contributed by atoms with Crippen molar-refractivity contribution in [2.75, 3.05) is 18.2 Å². The molecule has 0 saturated carbocycles. The lowest BCUT2D eigenvalue weighted by molar-refractivity contribution is 0.417. The predicted octanol–water partition coefficient (Wildman–Crippen LogP) is 4.83. The van der Waals surface area contributed by atoms with Gasteiger partial charge in [0.1, 0.15) is 17.9 Å². The number of methoxy groups -OCH3 is 1. The molecule has 1 aromatic heterocycles. The van der Waals surface area contributed by atoms with Crippen LogP contribution in [-0.2, 0) is 0 Å². The molecule has 0 aliphatic rings. The van der Waals surface area contributed by atoms with Gasteiger partial charge >= 0.3 is 0 Å². The Morgan fingerprint density at radius 1 is 1.21 bits per heavy atom. The first-order valence-corrected chi connectivity index (χ1v) is 7.25. The molecule has 3 N–H and O–H groups in total. The van der Waals surface area contributed by atoms with E-state index in [0.29, 0.717) is 28.2 Å². The molecule has 0 saturated heterocycles. The molecule has 5 nitrogen and oxygen atoms in total. The smallest absolute Gasteiger partial charge is 0.166 e. The second kappa shape index (κ2) is 7.25. The van der Waals surface area contributed by atoms with E-state index in [2.05, 4.69) is 15.3 Å². The van der Waals surface area contributed by atoms with Crippen LogP contribution in [0.2, 0.25) is 10.0 Å². The third-order valence-electron chi connectivity index (χ3n) is 3.28. The van der Waals surface area contributed by atoms with Crippen LogP contribution < -0.4 is 15.8 Å². The molecule has 0 aliphatic heterocycles. The second-order valence-electron chi connectivity index (χ2n) is 4.68. The largest absolute Gasteiger partial charge is 0.495 e. The van der Waals surface area contributed by atoms with Crippen LogP contribution in [0.3, 0.4) is 0 Å². The number of rotatable bonds is 3. The number of nitrogens with two attached hydrogens (primary N) is 1. The predicted molar refractivity (Wildman–Crippen MR) is 97.5 cm³/mol. The quantitative estimate of drug-likeness (QED) is 0.496. The van der Waals surface area contributed by atoms with Gasteiger partial charge in [-0.2, -0.15) is 0 Å². The fourth-order valence-corrected chi connectivity index (χ4v) is 2.44. The van der Waals surface area contributed by atoms with E-state index in [4.69, 9.17) is 33.7 Å². The minimum Gasteiger partial charge on any atom is -0.495 e. The van der Waals surface area contributed by atoms with Gasteiger partial charge in [-0.15, -0.1) is 12.4 Å². The third kappa shape index (κ3) is 3.26. The first-order valence-electron chi connectivity index (χ1n) is 6.50. The van der Waals surface area contributed by atoms with Gasteiger partial charge in [-0.3, -0.25) is 0 Å².